The first-order chi connectivity index (χ1) is 18.8. The molecule has 2 aromatic carbocycles. The van der Waals surface area contributed by atoms with Gasteiger partial charge >= 0.3 is 0 Å². The SMILES string of the molecule is COc1cccc(-c2cc(C(=O)N3CCN(Cc4ccc5c(c4)OCO5)CC3)nc3cc(C(C)(C)C)nn23)c1. The van der Waals surface area contributed by atoms with E-state index in [-0.39, 0.29) is 18.1 Å². The van der Waals surface area contributed by atoms with E-state index in [1.165, 1.54) is 5.56 Å². The third kappa shape index (κ3) is 5.02. The molecule has 0 unspecified atom stereocenters. The summed E-state index contributed by atoms with van der Waals surface area (Å²) in [4.78, 5) is 22.7. The molecule has 0 radical (unpaired) electrons. The molecule has 4 aromatic rings. The van der Waals surface area contributed by atoms with Gasteiger partial charge in [0.15, 0.2) is 17.1 Å². The van der Waals surface area contributed by atoms with Crippen LogP contribution >= 0.6 is 0 Å². The molecular weight excluding hydrogens is 494 g/mol. The van der Waals surface area contributed by atoms with E-state index in [4.69, 9.17) is 24.3 Å². The van der Waals surface area contributed by atoms with Crippen LogP contribution in [0.4, 0.5) is 0 Å². The first-order valence-electron chi connectivity index (χ1n) is 13.2. The highest BCUT2D eigenvalue weighted by molar-refractivity contribution is 5.94. The van der Waals surface area contributed by atoms with Crippen molar-refractivity contribution in [3.63, 3.8) is 0 Å². The summed E-state index contributed by atoms with van der Waals surface area (Å²) >= 11 is 0. The molecule has 2 aliphatic rings. The zero-order valence-corrected chi connectivity index (χ0v) is 22.8. The van der Waals surface area contributed by atoms with Crippen molar-refractivity contribution < 1.29 is 19.0 Å². The molecule has 1 saturated heterocycles. The monoisotopic (exact) mass is 527 g/mol. The average Bonchev–Trinajstić information content (AvgIpc) is 3.59. The van der Waals surface area contributed by atoms with Crippen molar-refractivity contribution in [1.82, 2.24) is 24.4 Å². The number of carbonyl (C=O) groups excluding carboxylic acids is 1. The van der Waals surface area contributed by atoms with Gasteiger partial charge < -0.3 is 19.1 Å². The minimum atomic E-state index is -0.155. The minimum Gasteiger partial charge on any atom is -0.497 e. The van der Waals surface area contributed by atoms with Crippen LogP contribution < -0.4 is 14.2 Å². The van der Waals surface area contributed by atoms with Crippen LogP contribution in [0.1, 0.15) is 42.5 Å². The van der Waals surface area contributed by atoms with Crippen LogP contribution in [0.25, 0.3) is 16.9 Å². The lowest BCUT2D eigenvalue weighted by atomic mass is 9.93. The molecule has 39 heavy (non-hydrogen) atoms. The zero-order chi connectivity index (χ0) is 27.1. The quantitative estimate of drug-likeness (QED) is 0.381. The minimum absolute atomic E-state index is 0.0668. The van der Waals surface area contributed by atoms with Crippen LogP contribution in [0.2, 0.25) is 0 Å². The van der Waals surface area contributed by atoms with Gasteiger partial charge in [0, 0.05) is 49.8 Å². The van der Waals surface area contributed by atoms with E-state index in [0.717, 1.165) is 53.8 Å². The van der Waals surface area contributed by atoms with Gasteiger partial charge in [0.2, 0.25) is 6.79 Å². The number of hydrogen-bond acceptors (Lipinski definition) is 7. The van der Waals surface area contributed by atoms with Crippen molar-refractivity contribution in [2.45, 2.75) is 32.7 Å². The fraction of sp³-hybridized carbons (Fsp3) is 0.367. The summed E-state index contributed by atoms with van der Waals surface area (Å²) in [6, 6.07) is 17.7. The summed E-state index contributed by atoms with van der Waals surface area (Å²) in [5.74, 6) is 2.26. The van der Waals surface area contributed by atoms with Gasteiger partial charge in [-0.15, -0.1) is 0 Å². The fourth-order valence-corrected chi connectivity index (χ4v) is 5.01. The lowest BCUT2D eigenvalue weighted by Crippen LogP contribution is -2.48. The summed E-state index contributed by atoms with van der Waals surface area (Å²) < 4.78 is 18.2. The third-order valence-corrected chi connectivity index (χ3v) is 7.28. The van der Waals surface area contributed by atoms with Crippen LogP contribution in [-0.2, 0) is 12.0 Å². The van der Waals surface area contributed by atoms with Gasteiger partial charge in [-0.05, 0) is 35.9 Å². The van der Waals surface area contributed by atoms with Crippen molar-refractivity contribution in [2.75, 3.05) is 40.1 Å². The predicted octanol–water partition coefficient (Wildman–Crippen LogP) is 4.39. The molecule has 9 nitrogen and oxygen atoms in total. The topological polar surface area (TPSA) is 81.4 Å². The van der Waals surface area contributed by atoms with E-state index in [2.05, 4.69) is 31.7 Å². The van der Waals surface area contributed by atoms with Crippen molar-refractivity contribution >= 4 is 11.6 Å². The maximum atomic E-state index is 13.7. The Morgan fingerprint density at radius 2 is 1.77 bits per heavy atom. The first kappa shape index (κ1) is 25.2. The number of rotatable bonds is 5. The van der Waals surface area contributed by atoms with Gasteiger partial charge in [0.25, 0.3) is 5.91 Å². The van der Waals surface area contributed by atoms with E-state index >= 15 is 0 Å². The number of aromatic nitrogens is 3. The van der Waals surface area contributed by atoms with Crippen LogP contribution in [0, 0.1) is 0 Å². The van der Waals surface area contributed by atoms with Crippen LogP contribution in [0.3, 0.4) is 0 Å². The average molecular weight is 528 g/mol. The molecule has 2 aromatic heterocycles. The summed E-state index contributed by atoms with van der Waals surface area (Å²) in [6.45, 7) is 10.3. The second-order valence-electron chi connectivity index (χ2n) is 11.1. The second-order valence-corrected chi connectivity index (χ2v) is 11.1. The predicted molar refractivity (Wildman–Crippen MR) is 147 cm³/mol. The van der Waals surface area contributed by atoms with Gasteiger partial charge in [0.1, 0.15) is 11.4 Å². The number of methoxy groups -OCH3 is 1. The third-order valence-electron chi connectivity index (χ3n) is 7.28. The lowest BCUT2D eigenvalue weighted by molar-refractivity contribution is 0.0623. The molecule has 2 aliphatic heterocycles. The summed E-state index contributed by atoms with van der Waals surface area (Å²) in [6.07, 6.45) is 0. The standard InChI is InChI=1S/C30H33N5O4/c1-30(2,3)27-17-28-31-23(16-24(35(28)32-27)21-6-5-7-22(15-21)37-4)29(36)34-12-10-33(11-13-34)18-20-8-9-25-26(14-20)39-19-38-25/h5-9,14-17H,10-13,18-19H2,1-4H3. The van der Waals surface area contributed by atoms with E-state index in [0.29, 0.717) is 24.4 Å². The zero-order valence-electron chi connectivity index (χ0n) is 22.8. The van der Waals surface area contributed by atoms with Gasteiger partial charge in [0.05, 0.1) is 18.5 Å². The van der Waals surface area contributed by atoms with E-state index in [9.17, 15) is 4.79 Å². The van der Waals surface area contributed by atoms with Gasteiger partial charge in [-0.2, -0.15) is 5.10 Å². The highest BCUT2D eigenvalue weighted by Crippen LogP contribution is 2.33. The Bertz CT molecular complexity index is 1530. The molecular formula is C30H33N5O4. The van der Waals surface area contributed by atoms with Crippen molar-refractivity contribution in [2.24, 2.45) is 0 Å². The smallest absolute Gasteiger partial charge is 0.272 e. The highest BCUT2D eigenvalue weighted by Gasteiger charge is 2.26. The molecule has 0 aliphatic carbocycles. The highest BCUT2D eigenvalue weighted by atomic mass is 16.7. The summed E-state index contributed by atoms with van der Waals surface area (Å²) in [5, 5.41) is 4.87. The van der Waals surface area contributed by atoms with Gasteiger partial charge in [-0.1, -0.05) is 39.0 Å². The molecule has 6 rings (SSSR count). The molecule has 0 bridgehead atoms. The van der Waals surface area contributed by atoms with Crippen molar-refractivity contribution in [3.05, 3.63) is 71.5 Å². The van der Waals surface area contributed by atoms with Gasteiger partial charge in [-0.3, -0.25) is 9.69 Å². The Labute approximate surface area is 227 Å². The van der Waals surface area contributed by atoms with Crippen molar-refractivity contribution in [3.8, 4) is 28.5 Å². The fourth-order valence-electron chi connectivity index (χ4n) is 5.01. The number of amides is 1. The van der Waals surface area contributed by atoms with E-state index in [1.54, 1.807) is 7.11 Å². The summed E-state index contributed by atoms with van der Waals surface area (Å²) in [5.41, 5.74) is 4.73. The lowest BCUT2D eigenvalue weighted by Gasteiger charge is -2.34. The van der Waals surface area contributed by atoms with Crippen LogP contribution in [-0.4, -0.2) is 70.4 Å². The molecule has 1 amide bonds. The Kier molecular flexibility index (Phi) is 6.38. The van der Waals surface area contributed by atoms with Crippen LogP contribution in [0.15, 0.2) is 54.6 Å². The Hall–Kier alpha value is -4.11. The van der Waals surface area contributed by atoms with E-state index in [1.807, 2.05) is 57.9 Å². The number of piperazine rings is 1. The van der Waals surface area contributed by atoms with Gasteiger partial charge in [-0.25, -0.2) is 9.50 Å². The van der Waals surface area contributed by atoms with E-state index < -0.39 is 0 Å². The second kappa shape index (κ2) is 9.89. The molecule has 9 heteroatoms. The Balaban J connectivity index is 1.24. The molecule has 4 heterocycles. The Morgan fingerprint density at radius 3 is 2.54 bits per heavy atom. The number of benzene rings is 2. The van der Waals surface area contributed by atoms with Crippen molar-refractivity contribution in [1.29, 1.82) is 0 Å². The molecule has 0 atom stereocenters. The number of hydrogen-bond donors (Lipinski definition) is 0. The molecule has 0 N–H and O–H groups in total. The van der Waals surface area contributed by atoms with Crippen LogP contribution in [0.5, 0.6) is 17.2 Å². The Morgan fingerprint density at radius 1 is 0.974 bits per heavy atom. The molecule has 0 saturated carbocycles. The first-order valence-corrected chi connectivity index (χ1v) is 13.2. The number of carbonyl (C=O) groups is 1. The largest absolute Gasteiger partial charge is 0.497 e. The number of nitrogens with zero attached hydrogens (tertiary/aromatic N) is 5. The maximum absolute atomic E-state index is 13.7. The summed E-state index contributed by atoms with van der Waals surface area (Å²) in [7, 11) is 1.65. The normalized spacial score (nSPS) is 15.6. The molecule has 202 valence electrons. The number of fused-ring (bicyclic) bond motifs is 2. The molecule has 1 fully saturated rings. The maximum Gasteiger partial charge on any atom is 0.272 e. The number of ether oxygens (including phenoxy) is 3. The molecule has 0 spiro atoms.